The quantitative estimate of drug-likeness (QED) is 0.890. The molecule has 20 heavy (non-hydrogen) atoms. The number of carbonyl (C=O) groups is 1. The SMILES string of the molecule is Cc1ccccc1CCNC(=O)c1csc(CN)n1.Cl. The van der Waals surface area contributed by atoms with Gasteiger partial charge in [-0.25, -0.2) is 4.98 Å². The molecule has 0 atom stereocenters. The van der Waals surface area contributed by atoms with Gasteiger partial charge in [-0.05, 0) is 24.5 Å². The Morgan fingerprint density at radius 3 is 2.80 bits per heavy atom. The van der Waals surface area contributed by atoms with Crippen LogP contribution in [0.4, 0.5) is 0 Å². The van der Waals surface area contributed by atoms with Crippen molar-refractivity contribution in [3.05, 3.63) is 51.5 Å². The average molecular weight is 312 g/mol. The van der Waals surface area contributed by atoms with Gasteiger partial charge in [-0.15, -0.1) is 23.7 Å². The molecular weight excluding hydrogens is 294 g/mol. The smallest absolute Gasteiger partial charge is 0.270 e. The number of benzene rings is 1. The van der Waals surface area contributed by atoms with Crippen LogP contribution >= 0.6 is 23.7 Å². The summed E-state index contributed by atoms with van der Waals surface area (Å²) < 4.78 is 0. The third kappa shape index (κ3) is 4.30. The summed E-state index contributed by atoms with van der Waals surface area (Å²) in [6.07, 6.45) is 0.826. The van der Waals surface area contributed by atoms with Gasteiger partial charge in [-0.3, -0.25) is 4.79 Å². The molecule has 1 amide bonds. The molecule has 1 heterocycles. The number of amides is 1. The molecule has 0 fully saturated rings. The minimum Gasteiger partial charge on any atom is -0.350 e. The maximum absolute atomic E-state index is 11.8. The zero-order valence-electron chi connectivity index (χ0n) is 11.3. The van der Waals surface area contributed by atoms with Crippen molar-refractivity contribution in [2.24, 2.45) is 5.73 Å². The highest BCUT2D eigenvalue weighted by atomic mass is 35.5. The van der Waals surface area contributed by atoms with E-state index in [9.17, 15) is 4.79 Å². The van der Waals surface area contributed by atoms with Gasteiger partial charge in [0.15, 0.2) is 0 Å². The molecule has 2 aromatic rings. The van der Waals surface area contributed by atoms with E-state index < -0.39 is 0 Å². The molecule has 0 saturated heterocycles. The van der Waals surface area contributed by atoms with E-state index in [0.29, 0.717) is 18.8 Å². The van der Waals surface area contributed by atoms with Crippen LogP contribution < -0.4 is 11.1 Å². The van der Waals surface area contributed by atoms with Crippen molar-refractivity contribution in [2.75, 3.05) is 6.54 Å². The molecule has 2 rings (SSSR count). The lowest BCUT2D eigenvalue weighted by Crippen LogP contribution is -2.26. The molecule has 0 saturated carbocycles. The molecule has 6 heteroatoms. The van der Waals surface area contributed by atoms with Gasteiger partial charge in [0.25, 0.3) is 5.91 Å². The summed E-state index contributed by atoms with van der Waals surface area (Å²) in [4.78, 5) is 16.0. The topological polar surface area (TPSA) is 68.0 Å². The third-order valence-corrected chi connectivity index (χ3v) is 3.77. The van der Waals surface area contributed by atoms with Crippen LogP contribution in [0, 0.1) is 6.92 Å². The molecule has 0 aliphatic heterocycles. The van der Waals surface area contributed by atoms with Gasteiger partial charge in [0, 0.05) is 18.5 Å². The number of nitrogens with zero attached hydrogens (tertiary/aromatic N) is 1. The Hall–Kier alpha value is -1.43. The maximum atomic E-state index is 11.8. The van der Waals surface area contributed by atoms with Crippen LogP contribution in [0.25, 0.3) is 0 Å². The highest BCUT2D eigenvalue weighted by Gasteiger charge is 2.09. The van der Waals surface area contributed by atoms with E-state index in [1.807, 2.05) is 12.1 Å². The highest BCUT2D eigenvalue weighted by Crippen LogP contribution is 2.09. The first-order valence-electron chi connectivity index (χ1n) is 6.18. The van der Waals surface area contributed by atoms with E-state index in [1.54, 1.807) is 5.38 Å². The van der Waals surface area contributed by atoms with Crippen molar-refractivity contribution in [3.63, 3.8) is 0 Å². The van der Waals surface area contributed by atoms with Crippen LogP contribution in [0.5, 0.6) is 0 Å². The van der Waals surface area contributed by atoms with E-state index in [0.717, 1.165) is 11.4 Å². The maximum Gasteiger partial charge on any atom is 0.270 e. The second-order valence-electron chi connectivity index (χ2n) is 4.26. The lowest BCUT2D eigenvalue weighted by molar-refractivity contribution is 0.0949. The van der Waals surface area contributed by atoms with Crippen molar-refractivity contribution >= 4 is 29.7 Å². The molecule has 0 radical (unpaired) electrons. The molecule has 1 aromatic carbocycles. The monoisotopic (exact) mass is 311 g/mol. The second kappa shape index (κ2) is 7.99. The normalized spacial score (nSPS) is 9.90. The van der Waals surface area contributed by atoms with Crippen LogP contribution in [0.15, 0.2) is 29.6 Å². The third-order valence-electron chi connectivity index (χ3n) is 2.90. The van der Waals surface area contributed by atoms with Gasteiger partial charge in [-0.1, -0.05) is 24.3 Å². The van der Waals surface area contributed by atoms with Gasteiger partial charge in [-0.2, -0.15) is 0 Å². The molecule has 1 aromatic heterocycles. The Labute approximate surface area is 128 Å². The Morgan fingerprint density at radius 1 is 1.40 bits per heavy atom. The number of carbonyl (C=O) groups excluding carboxylic acids is 1. The fourth-order valence-electron chi connectivity index (χ4n) is 1.80. The molecule has 108 valence electrons. The number of thiazole rings is 1. The number of hydrogen-bond acceptors (Lipinski definition) is 4. The fourth-order valence-corrected chi connectivity index (χ4v) is 2.46. The summed E-state index contributed by atoms with van der Waals surface area (Å²) in [5, 5.41) is 5.40. The Kier molecular flexibility index (Phi) is 6.64. The predicted octanol–water partition coefficient (Wildman–Crippen LogP) is 2.30. The minimum absolute atomic E-state index is 0. The number of aromatic nitrogens is 1. The first-order valence-corrected chi connectivity index (χ1v) is 7.06. The van der Waals surface area contributed by atoms with Crippen LogP contribution in [0.1, 0.15) is 26.6 Å². The first-order chi connectivity index (χ1) is 9.20. The second-order valence-corrected chi connectivity index (χ2v) is 5.21. The molecule has 0 spiro atoms. The molecule has 4 nitrogen and oxygen atoms in total. The van der Waals surface area contributed by atoms with E-state index in [1.165, 1.54) is 22.5 Å². The Morgan fingerprint density at radius 2 is 2.15 bits per heavy atom. The molecule has 0 aliphatic rings. The summed E-state index contributed by atoms with van der Waals surface area (Å²) >= 11 is 1.41. The van der Waals surface area contributed by atoms with Crippen LogP contribution in [-0.2, 0) is 13.0 Å². The number of rotatable bonds is 5. The molecule has 0 bridgehead atoms. The fraction of sp³-hybridized carbons (Fsp3) is 0.286. The minimum atomic E-state index is -0.135. The van der Waals surface area contributed by atoms with Crippen molar-refractivity contribution in [1.29, 1.82) is 0 Å². The van der Waals surface area contributed by atoms with Crippen LogP contribution in [0.2, 0.25) is 0 Å². The van der Waals surface area contributed by atoms with E-state index in [4.69, 9.17) is 5.73 Å². The number of nitrogens with two attached hydrogens (primary N) is 1. The lowest BCUT2D eigenvalue weighted by Gasteiger charge is -2.06. The van der Waals surface area contributed by atoms with Gasteiger partial charge >= 0.3 is 0 Å². The molecular formula is C14H18ClN3OS. The van der Waals surface area contributed by atoms with E-state index in [2.05, 4.69) is 29.4 Å². The van der Waals surface area contributed by atoms with Crippen LogP contribution in [-0.4, -0.2) is 17.4 Å². The largest absolute Gasteiger partial charge is 0.350 e. The summed E-state index contributed by atoms with van der Waals surface area (Å²) in [7, 11) is 0. The predicted molar refractivity (Wildman–Crippen MR) is 84.5 cm³/mol. The standard InChI is InChI=1S/C14H17N3OS.ClH/c1-10-4-2-3-5-11(10)6-7-16-14(18)12-9-19-13(8-15)17-12;/h2-5,9H,6-8,15H2,1H3,(H,16,18);1H. The number of hydrogen-bond donors (Lipinski definition) is 2. The molecule has 3 N–H and O–H groups in total. The number of halogens is 1. The van der Waals surface area contributed by atoms with Crippen molar-refractivity contribution < 1.29 is 4.79 Å². The van der Waals surface area contributed by atoms with Crippen molar-refractivity contribution in [1.82, 2.24) is 10.3 Å². The van der Waals surface area contributed by atoms with Gasteiger partial charge in [0.2, 0.25) is 0 Å². The first kappa shape index (κ1) is 16.6. The Bertz CT molecular complexity index is 571. The van der Waals surface area contributed by atoms with E-state index >= 15 is 0 Å². The summed E-state index contributed by atoms with van der Waals surface area (Å²) in [5.74, 6) is -0.135. The number of nitrogens with one attached hydrogen (secondary N) is 1. The zero-order chi connectivity index (χ0) is 13.7. The van der Waals surface area contributed by atoms with E-state index in [-0.39, 0.29) is 18.3 Å². The Balaban J connectivity index is 0.00000200. The van der Waals surface area contributed by atoms with Gasteiger partial charge in [0.1, 0.15) is 10.7 Å². The van der Waals surface area contributed by atoms with Crippen LogP contribution in [0.3, 0.4) is 0 Å². The average Bonchev–Trinajstić information content (AvgIpc) is 2.90. The van der Waals surface area contributed by atoms with Crippen molar-refractivity contribution in [3.8, 4) is 0 Å². The zero-order valence-corrected chi connectivity index (χ0v) is 12.9. The highest BCUT2D eigenvalue weighted by molar-refractivity contribution is 7.09. The number of aryl methyl sites for hydroxylation is 1. The van der Waals surface area contributed by atoms with Crippen molar-refractivity contribution in [2.45, 2.75) is 19.9 Å². The van der Waals surface area contributed by atoms with Gasteiger partial charge in [0.05, 0.1) is 0 Å². The summed E-state index contributed by atoms with van der Waals surface area (Å²) in [5.41, 5.74) is 8.43. The summed E-state index contributed by atoms with van der Waals surface area (Å²) in [6, 6.07) is 8.18. The molecule has 0 unspecified atom stereocenters. The summed E-state index contributed by atoms with van der Waals surface area (Å²) in [6.45, 7) is 3.06. The van der Waals surface area contributed by atoms with Gasteiger partial charge < -0.3 is 11.1 Å². The molecule has 0 aliphatic carbocycles. The lowest BCUT2D eigenvalue weighted by atomic mass is 10.1.